The van der Waals surface area contributed by atoms with Crippen molar-refractivity contribution in [2.45, 2.75) is 6.18 Å². The van der Waals surface area contributed by atoms with Crippen LogP contribution in [0.4, 0.5) is 24.5 Å². The predicted octanol–water partition coefficient (Wildman–Crippen LogP) is 3.80. The summed E-state index contributed by atoms with van der Waals surface area (Å²) in [6, 6.07) is 12.6. The average molecular weight is 305 g/mol. The maximum Gasteiger partial charge on any atom is 0.416 e. The molecule has 0 radical (unpaired) electrons. The smallest absolute Gasteiger partial charge is 0.368 e. The summed E-state index contributed by atoms with van der Waals surface area (Å²) in [5, 5.41) is 6.16. The zero-order chi connectivity index (χ0) is 15.6. The molecule has 2 aromatic carbocycles. The predicted molar refractivity (Wildman–Crippen MR) is 80.6 cm³/mol. The highest BCUT2D eigenvalue weighted by atomic mass is 19.4. The first-order valence-corrected chi connectivity index (χ1v) is 6.85. The molecule has 2 aromatic rings. The number of hydrogen-bond acceptors (Lipinski definition) is 3. The van der Waals surface area contributed by atoms with Crippen molar-refractivity contribution in [1.82, 2.24) is 5.32 Å². The van der Waals surface area contributed by atoms with Gasteiger partial charge in [-0.25, -0.2) is 0 Å². The molecule has 3 nitrogen and oxygen atoms in total. The molecule has 0 aliphatic carbocycles. The molecule has 114 valence electrons. The van der Waals surface area contributed by atoms with Gasteiger partial charge in [-0.15, -0.1) is 0 Å². The zero-order valence-corrected chi connectivity index (χ0v) is 11.6. The van der Waals surface area contributed by atoms with Gasteiger partial charge in [0, 0.05) is 23.5 Å². The van der Waals surface area contributed by atoms with Crippen molar-refractivity contribution in [2.75, 3.05) is 18.4 Å². The zero-order valence-electron chi connectivity index (χ0n) is 11.6. The highest BCUT2D eigenvalue weighted by molar-refractivity contribution is 6.00. The lowest BCUT2D eigenvalue weighted by Crippen LogP contribution is -2.19. The Balaban J connectivity index is 1.83. The van der Waals surface area contributed by atoms with Gasteiger partial charge in [0.15, 0.2) is 0 Å². The third kappa shape index (κ3) is 3.21. The quantitative estimate of drug-likeness (QED) is 0.905. The van der Waals surface area contributed by atoms with Crippen molar-refractivity contribution in [3.05, 3.63) is 59.7 Å². The van der Waals surface area contributed by atoms with Crippen LogP contribution in [0.15, 0.2) is 53.5 Å². The van der Waals surface area contributed by atoms with Crippen molar-refractivity contribution in [1.29, 1.82) is 0 Å². The maximum absolute atomic E-state index is 12.7. The van der Waals surface area contributed by atoms with Crippen LogP contribution in [0.5, 0.6) is 0 Å². The lowest BCUT2D eigenvalue weighted by molar-refractivity contribution is -0.137. The Kier molecular flexibility index (Phi) is 3.75. The molecule has 1 heterocycles. The van der Waals surface area contributed by atoms with Gasteiger partial charge in [-0.05, 0) is 30.3 Å². The Morgan fingerprint density at radius 2 is 1.73 bits per heavy atom. The number of alkyl halides is 3. The minimum atomic E-state index is -4.35. The van der Waals surface area contributed by atoms with Gasteiger partial charge in [0.2, 0.25) is 0 Å². The molecule has 0 saturated heterocycles. The molecule has 3 rings (SSSR count). The molecule has 0 saturated carbocycles. The summed E-state index contributed by atoms with van der Waals surface area (Å²) in [7, 11) is 0. The molecule has 6 heteroatoms. The minimum absolute atomic E-state index is 0.397. The molecule has 0 unspecified atom stereocenters. The number of benzene rings is 2. The molecule has 0 spiro atoms. The van der Waals surface area contributed by atoms with E-state index >= 15 is 0 Å². The highest BCUT2D eigenvalue weighted by Crippen LogP contribution is 2.31. The molecule has 0 fully saturated rings. The Labute approximate surface area is 125 Å². The fourth-order valence-electron chi connectivity index (χ4n) is 2.28. The standard InChI is InChI=1S/C16H14F3N3/c17-16(18,19)12-4-2-6-14(10-12)22-13-5-1-3-11(9-13)15-20-7-8-21-15/h1-6,9-10,22H,7-8H2,(H,20,21). The van der Waals surface area contributed by atoms with E-state index in [-0.39, 0.29) is 0 Å². The Hall–Kier alpha value is -2.50. The van der Waals surface area contributed by atoms with Gasteiger partial charge in [0.25, 0.3) is 0 Å². The molecule has 2 N–H and O–H groups in total. The second kappa shape index (κ2) is 5.71. The molecular weight excluding hydrogens is 291 g/mol. The summed E-state index contributed by atoms with van der Waals surface area (Å²) in [4.78, 5) is 4.33. The van der Waals surface area contributed by atoms with E-state index < -0.39 is 11.7 Å². The van der Waals surface area contributed by atoms with Crippen LogP contribution in [-0.4, -0.2) is 18.9 Å². The third-order valence-corrected chi connectivity index (χ3v) is 3.29. The Morgan fingerprint density at radius 3 is 2.41 bits per heavy atom. The van der Waals surface area contributed by atoms with Crippen LogP contribution >= 0.6 is 0 Å². The molecule has 0 atom stereocenters. The molecule has 0 bridgehead atoms. The summed E-state index contributed by atoms with van der Waals surface area (Å²) >= 11 is 0. The van der Waals surface area contributed by atoms with Crippen molar-refractivity contribution < 1.29 is 13.2 Å². The normalized spacial score (nSPS) is 14.4. The van der Waals surface area contributed by atoms with Crippen LogP contribution in [0.1, 0.15) is 11.1 Å². The van der Waals surface area contributed by atoms with E-state index in [1.54, 1.807) is 12.1 Å². The van der Waals surface area contributed by atoms with Gasteiger partial charge in [-0.3, -0.25) is 4.99 Å². The SMILES string of the molecule is FC(F)(F)c1cccc(Nc2cccc(C3=NCCN3)c2)c1. The average Bonchev–Trinajstić information content (AvgIpc) is 3.01. The van der Waals surface area contributed by atoms with Gasteiger partial charge in [0.05, 0.1) is 12.1 Å². The van der Waals surface area contributed by atoms with Crippen molar-refractivity contribution in [3.63, 3.8) is 0 Å². The molecule has 1 aliphatic rings. The van der Waals surface area contributed by atoms with Gasteiger partial charge in [-0.2, -0.15) is 13.2 Å². The molecular formula is C16H14F3N3. The van der Waals surface area contributed by atoms with Gasteiger partial charge < -0.3 is 10.6 Å². The largest absolute Gasteiger partial charge is 0.416 e. The van der Waals surface area contributed by atoms with Crippen molar-refractivity contribution in [2.24, 2.45) is 4.99 Å². The number of halogens is 3. The van der Waals surface area contributed by atoms with Crippen LogP contribution < -0.4 is 10.6 Å². The van der Waals surface area contributed by atoms with Crippen LogP contribution in [0.3, 0.4) is 0 Å². The van der Waals surface area contributed by atoms with Crippen molar-refractivity contribution in [3.8, 4) is 0 Å². The van der Waals surface area contributed by atoms with Crippen LogP contribution in [0, 0.1) is 0 Å². The molecule has 0 aromatic heterocycles. The van der Waals surface area contributed by atoms with E-state index in [4.69, 9.17) is 0 Å². The molecule has 1 aliphatic heterocycles. The lowest BCUT2D eigenvalue weighted by Gasteiger charge is -2.11. The topological polar surface area (TPSA) is 36.4 Å². The Morgan fingerprint density at radius 1 is 1.00 bits per heavy atom. The first kappa shape index (κ1) is 14.4. The minimum Gasteiger partial charge on any atom is -0.368 e. The van der Waals surface area contributed by atoms with E-state index in [2.05, 4.69) is 15.6 Å². The maximum atomic E-state index is 12.7. The summed E-state index contributed by atoms with van der Waals surface area (Å²) in [6.45, 7) is 1.54. The lowest BCUT2D eigenvalue weighted by atomic mass is 10.1. The number of rotatable bonds is 3. The Bertz CT molecular complexity index is 708. The van der Waals surface area contributed by atoms with E-state index in [0.717, 1.165) is 36.6 Å². The van der Waals surface area contributed by atoms with E-state index in [1.807, 2.05) is 18.2 Å². The summed E-state index contributed by atoms with van der Waals surface area (Å²) < 4.78 is 38.2. The van der Waals surface area contributed by atoms with Crippen LogP contribution in [-0.2, 0) is 6.18 Å². The monoisotopic (exact) mass is 305 g/mol. The first-order chi connectivity index (χ1) is 10.5. The summed E-state index contributed by atoms with van der Waals surface area (Å²) in [5.74, 6) is 0.813. The molecule has 22 heavy (non-hydrogen) atoms. The number of anilines is 2. The van der Waals surface area contributed by atoms with Gasteiger partial charge in [0.1, 0.15) is 5.84 Å². The first-order valence-electron chi connectivity index (χ1n) is 6.85. The fourth-order valence-corrected chi connectivity index (χ4v) is 2.28. The van der Waals surface area contributed by atoms with Crippen molar-refractivity contribution >= 4 is 17.2 Å². The number of aliphatic imine (C=N–C) groups is 1. The van der Waals surface area contributed by atoms with E-state index in [1.165, 1.54) is 6.07 Å². The highest BCUT2D eigenvalue weighted by Gasteiger charge is 2.30. The number of amidine groups is 1. The third-order valence-electron chi connectivity index (χ3n) is 3.29. The van der Waals surface area contributed by atoms with E-state index in [0.29, 0.717) is 11.4 Å². The molecule has 0 amide bonds. The second-order valence-corrected chi connectivity index (χ2v) is 4.94. The van der Waals surface area contributed by atoms with Gasteiger partial charge >= 0.3 is 6.18 Å². The van der Waals surface area contributed by atoms with Crippen LogP contribution in [0.2, 0.25) is 0 Å². The summed E-state index contributed by atoms with van der Waals surface area (Å²) in [6.07, 6.45) is -4.35. The van der Waals surface area contributed by atoms with Crippen LogP contribution in [0.25, 0.3) is 0 Å². The fraction of sp³-hybridized carbons (Fsp3) is 0.188. The number of nitrogens with one attached hydrogen (secondary N) is 2. The van der Waals surface area contributed by atoms with Gasteiger partial charge in [-0.1, -0.05) is 18.2 Å². The summed E-state index contributed by atoms with van der Waals surface area (Å²) in [5.41, 5.74) is 1.35. The second-order valence-electron chi connectivity index (χ2n) is 4.94. The number of hydrogen-bond donors (Lipinski definition) is 2. The number of nitrogens with zero attached hydrogens (tertiary/aromatic N) is 1. The van der Waals surface area contributed by atoms with E-state index in [9.17, 15) is 13.2 Å².